The first kappa shape index (κ1) is 15.3. The van der Waals surface area contributed by atoms with Gasteiger partial charge in [0.15, 0.2) is 5.69 Å². The Hall–Kier alpha value is -2.05. The lowest BCUT2D eigenvalue weighted by atomic mass is 10.2. The second-order valence-electron chi connectivity index (χ2n) is 5.95. The number of esters is 1. The molecule has 1 aliphatic heterocycles. The van der Waals surface area contributed by atoms with Gasteiger partial charge in [-0.2, -0.15) is 5.10 Å². The average Bonchev–Trinajstić information content (AvgIpc) is 2.88. The van der Waals surface area contributed by atoms with E-state index in [2.05, 4.69) is 5.10 Å². The second-order valence-corrected chi connectivity index (χ2v) is 5.95. The summed E-state index contributed by atoms with van der Waals surface area (Å²) in [6.45, 7) is 8.19. The highest BCUT2D eigenvalue weighted by molar-refractivity contribution is 5.89. The van der Waals surface area contributed by atoms with Gasteiger partial charge in [-0.15, -0.1) is 0 Å². The fourth-order valence-corrected chi connectivity index (χ4v) is 2.21. The number of ether oxygens (including phenoxy) is 2. The zero-order chi connectivity index (χ0) is 15.8. The van der Waals surface area contributed by atoms with Crippen LogP contribution in [-0.4, -0.2) is 39.0 Å². The Labute approximate surface area is 123 Å². The zero-order valence-electron chi connectivity index (χ0n) is 13.1. The van der Waals surface area contributed by atoms with Gasteiger partial charge >= 0.3 is 12.1 Å². The first-order chi connectivity index (χ1) is 9.73. The predicted octanol–water partition coefficient (Wildman–Crippen LogP) is 1.85. The van der Waals surface area contributed by atoms with E-state index < -0.39 is 17.7 Å². The number of hydrogen-bond acceptors (Lipinski definition) is 5. The molecule has 1 aromatic heterocycles. The van der Waals surface area contributed by atoms with Crippen molar-refractivity contribution in [3.05, 3.63) is 17.0 Å². The van der Waals surface area contributed by atoms with E-state index in [1.54, 1.807) is 23.6 Å². The quantitative estimate of drug-likeness (QED) is 0.778. The zero-order valence-corrected chi connectivity index (χ0v) is 13.1. The summed E-state index contributed by atoms with van der Waals surface area (Å²) in [5.41, 5.74) is 1.31. The summed E-state index contributed by atoms with van der Waals surface area (Å²) in [6.07, 6.45) is -0.395. The summed E-state index contributed by atoms with van der Waals surface area (Å²) in [6, 6.07) is 0. The molecule has 0 radical (unpaired) electrons. The summed E-state index contributed by atoms with van der Waals surface area (Å²) in [5, 5.41) is 4.18. The number of aryl methyl sites for hydroxylation is 1. The van der Waals surface area contributed by atoms with Crippen LogP contribution >= 0.6 is 0 Å². The van der Waals surface area contributed by atoms with Crippen LogP contribution in [0.1, 0.15) is 49.4 Å². The molecule has 1 aliphatic rings. The predicted molar refractivity (Wildman–Crippen MR) is 74.6 cm³/mol. The molecule has 21 heavy (non-hydrogen) atoms. The molecule has 2 heterocycles. The fraction of sp³-hybridized carbons (Fsp3) is 0.643. The van der Waals surface area contributed by atoms with Gasteiger partial charge in [0.25, 0.3) is 0 Å². The minimum Gasteiger partial charge on any atom is -0.461 e. The van der Waals surface area contributed by atoms with Crippen molar-refractivity contribution in [3.8, 4) is 0 Å². The van der Waals surface area contributed by atoms with Crippen LogP contribution in [0.5, 0.6) is 0 Å². The lowest BCUT2D eigenvalue weighted by Crippen LogP contribution is -2.34. The first-order valence-electron chi connectivity index (χ1n) is 6.92. The van der Waals surface area contributed by atoms with Gasteiger partial charge in [0.05, 0.1) is 25.4 Å². The molecular formula is C14H21N3O4. The summed E-state index contributed by atoms with van der Waals surface area (Å²) >= 11 is 0. The first-order valence-corrected chi connectivity index (χ1v) is 6.92. The average molecular weight is 295 g/mol. The van der Waals surface area contributed by atoms with Crippen LogP contribution in [0.4, 0.5) is 4.79 Å². The van der Waals surface area contributed by atoms with Crippen molar-refractivity contribution >= 4 is 12.1 Å². The van der Waals surface area contributed by atoms with E-state index in [0.29, 0.717) is 19.7 Å². The highest BCUT2D eigenvalue weighted by atomic mass is 16.6. The summed E-state index contributed by atoms with van der Waals surface area (Å²) in [4.78, 5) is 25.5. The molecule has 0 aliphatic carbocycles. The van der Waals surface area contributed by atoms with Crippen LogP contribution in [0.25, 0.3) is 0 Å². The Morgan fingerprint density at radius 1 is 1.29 bits per heavy atom. The molecule has 1 aromatic rings. The number of rotatable bonds is 2. The third kappa shape index (κ3) is 3.17. The molecule has 0 unspecified atom stereocenters. The molecule has 0 spiro atoms. The summed E-state index contributed by atoms with van der Waals surface area (Å²) in [7, 11) is 1.75. The van der Waals surface area contributed by atoms with Crippen molar-refractivity contribution in [2.45, 2.75) is 46.4 Å². The van der Waals surface area contributed by atoms with Gasteiger partial charge in [0, 0.05) is 12.6 Å². The Balaban J connectivity index is 2.17. The number of carbonyl (C=O) groups is 2. The number of fused-ring (bicyclic) bond motifs is 1. The van der Waals surface area contributed by atoms with Crippen molar-refractivity contribution in [3.63, 3.8) is 0 Å². The topological polar surface area (TPSA) is 73.7 Å². The number of aromatic nitrogens is 2. The molecule has 0 saturated carbocycles. The van der Waals surface area contributed by atoms with Crippen LogP contribution in [-0.2, 0) is 29.6 Å². The molecule has 0 fully saturated rings. The van der Waals surface area contributed by atoms with E-state index in [0.717, 1.165) is 11.3 Å². The Morgan fingerprint density at radius 2 is 1.95 bits per heavy atom. The SMILES string of the molecule is CCOC(=O)c1nn(C)c2c1CN(C(=O)OC(C)(C)C)C2. The molecule has 116 valence electrons. The maximum absolute atomic E-state index is 12.1. The van der Waals surface area contributed by atoms with Crippen molar-refractivity contribution < 1.29 is 19.1 Å². The largest absolute Gasteiger partial charge is 0.461 e. The molecule has 2 rings (SSSR count). The van der Waals surface area contributed by atoms with Crippen LogP contribution in [0.2, 0.25) is 0 Å². The van der Waals surface area contributed by atoms with Crippen LogP contribution in [0, 0.1) is 0 Å². The minimum atomic E-state index is -0.548. The van der Waals surface area contributed by atoms with E-state index in [4.69, 9.17) is 9.47 Å². The molecule has 0 N–H and O–H groups in total. The smallest absolute Gasteiger partial charge is 0.410 e. The standard InChI is InChI=1S/C14H21N3O4/c1-6-20-12(18)11-9-7-17(8-10(9)16(5)15-11)13(19)21-14(2,3)4/h6-8H2,1-5H3. The van der Waals surface area contributed by atoms with Crippen LogP contribution in [0.15, 0.2) is 0 Å². The Bertz CT molecular complexity index is 572. The van der Waals surface area contributed by atoms with Crippen molar-refractivity contribution in [2.24, 2.45) is 7.05 Å². The lowest BCUT2D eigenvalue weighted by molar-refractivity contribution is 0.0235. The highest BCUT2D eigenvalue weighted by Gasteiger charge is 2.34. The van der Waals surface area contributed by atoms with Gasteiger partial charge in [-0.1, -0.05) is 0 Å². The van der Waals surface area contributed by atoms with Crippen LogP contribution in [0.3, 0.4) is 0 Å². The van der Waals surface area contributed by atoms with Gasteiger partial charge in [-0.05, 0) is 27.7 Å². The normalized spacial score (nSPS) is 14.0. The fourth-order valence-electron chi connectivity index (χ4n) is 2.21. The van der Waals surface area contributed by atoms with Gasteiger partial charge in [-0.3, -0.25) is 9.58 Å². The molecule has 7 heteroatoms. The number of amides is 1. The van der Waals surface area contributed by atoms with Crippen molar-refractivity contribution in [1.29, 1.82) is 0 Å². The summed E-state index contributed by atoms with van der Waals surface area (Å²) < 4.78 is 12.0. The monoisotopic (exact) mass is 295 g/mol. The third-order valence-electron chi connectivity index (χ3n) is 3.08. The van der Waals surface area contributed by atoms with Crippen molar-refractivity contribution in [1.82, 2.24) is 14.7 Å². The van der Waals surface area contributed by atoms with Gasteiger partial charge in [0.1, 0.15) is 5.60 Å². The highest BCUT2D eigenvalue weighted by Crippen LogP contribution is 2.27. The minimum absolute atomic E-state index is 0.278. The summed E-state index contributed by atoms with van der Waals surface area (Å²) in [5.74, 6) is -0.458. The van der Waals surface area contributed by atoms with E-state index in [1.807, 2.05) is 20.8 Å². The van der Waals surface area contributed by atoms with E-state index in [-0.39, 0.29) is 5.69 Å². The van der Waals surface area contributed by atoms with E-state index in [9.17, 15) is 9.59 Å². The lowest BCUT2D eigenvalue weighted by Gasteiger charge is -2.24. The van der Waals surface area contributed by atoms with Gasteiger partial charge in [0.2, 0.25) is 0 Å². The number of carbonyl (C=O) groups excluding carboxylic acids is 2. The van der Waals surface area contributed by atoms with Gasteiger partial charge in [-0.25, -0.2) is 9.59 Å². The molecule has 1 amide bonds. The molecule has 0 saturated heterocycles. The van der Waals surface area contributed by atoms with Crippen molar-refractivity contribution in [2.75, 3.05) is 6.61 Å². The molecular weight excluding hydrogens is 274 g/mol. The maximum atomic E-state index is 12.1. The van der Waals surface area contributed by atoms with E-state index in [1.165, 1.54) is 0 Å². The Morgan fingerprint density at radius 3 is 2.52 bits per heavy atom. The molecule has 0 bridgehead atoms. The third-order valence-corrected chi connectivity index (χ3v) is 3.08. The Kier molecular flexibility index (Phi) is 3.93. The number of nitrogens with zero attached hydrogens (tertiary/aromatic N) is 3. The van der Waals surface area contributed by atoms with E-state index >= 15 is 0 Å². The van der Waals surface area contributed by atoms with Crippen LogP contribution < -0.4 is 0 Å². The van der Waals surface area contributed by atoms with Gasteiger partial charge < -0.3 is 9.47 Å². The number of hydrogen-bond donors (Lipinski definition) is 0. The maximum Gasteiger partial charge on any atom is 0.410 e. The second kappa shape index (κ2) is 5.38. The molecule has 7 nitrogen and oxygen atoms in total. The molecule has 0 aromatic carbocycles. The molecule has 0 atom stereocenters.